The molecule has 0 spiro atoms. The van der Waals surface area contributed by atoms with E-state index in [9.17, 15) is 4.79 Å². The molecule has 0 aromatic heterocycles. The highest BCUT2D eigenvalue weighted by Crippen LogP contribution is 2.26. The fourth-order valence-electron chi connectivity index (χ4n) is 2.01. The van der Waals surface area contributed by atoms with Gasteiger partial charge in [-0.3, -0.25) is 4.79 Å². The lowest BCUT2D eigenvalue weighted by Crippen LogP contribution is -2.01. The zero-order chi connectivity index (χ0) is 15.2. The van der Waals surface area contributed by atoms with Gasteiger partial charge in [0.2, 0.25) is 0 Å². The number of nitrogens with two attached hydrogens (primary N) is 1. The van der Waals surface area contributed by atoms with Gasteiger partial charge in [0.15, 0.2) is 5.78 Å². The van der Waals surface area contributed by atoms with Crippen LogP contribution in [0.15, 0.2) is 42.5 Å². The summed E-state index contributed by atoms with van der Waals surface area (Å²) in [7, 11) is 0. The van der Waals surface area contributed by atoms with Crippen LogP contribution in [0.25, 0.3) is 0 Å². The van der Waals surface area contributed by atoms with E-state index in [1.807, 2.05) is 44.2 Å². The molecule has 0 atom stereocenters. The van der Waals surface area contributed by atoms with E-state index in [0.29, 0.717) is 24.3 Å². The van der Waals surface area contributed by atoms with Crippen molar-refractivity contribution in [3.05, 3.63) is 48.0 Å². The number of nitrogens with one attached hydrogen (secondary N) is 1. The van der Waals surface area contributed by atoms with Crippen LogP contribution in [0.2, 0.25) is 0 Å². The van der Waals surface area contributed by atoms with E-state index >= 15 is 0 Å². The molecule has 21 heavy (non-hydrogen) atoms. The highest BCUT2D eigenvalue weighted by Gasteiger charge is 2.06. The van der Waals surface area contributed by atoms with Gasteiger partial charge in [0.1, 0.15) is 5.75 Å². The molecule has 4 heteroatoms. The number of nitrogen functional groups attached to an aromatic ring is 1. The second-order valence-electron chi connectivity index (χ2n) is 4.66. The topological polar surface area (TPSA) is 64.3 Å². The van der Waals surface area contributed by atoms with Crippen molar-refractivity contribution < 1.29 is 9.53 Å². The zero-order valence-electron chi connectivity index (χ0n) is 12.3. The quantitative estimate of drug-likeness (QED) is 0.621. The van der Waals surface area contributed by atoms with Crippen molar-refractivity contribution in [3.63, 3.8) is 0 Å². The summed E-state index contributed by atoms with van der Waals surface area (Å²) in [5.41, 5.74) is 8.90. The van der Waals surface area contributed by atoms with Gasteiger partial charge < -0.3 is 15.8 Å². The molecule has 3 N–H and O–H groups in total. The van der Waals surface area contributed by atoms with Gasteiger partial charge in [-0.15, -0.1) is 0 Å². The summed E-state index contributed by atoms with van der Waals surface area (Å²) < 4.78 is 5.40. The van der Waals surface area contributed by atoms with E-state index in [2.05, 4.69) is 5.32 Å². The number of carbonyl (C=O) groups is 1. The van der Waals surface area contributed by atoms with Gasteiger partial charge in [0, 0.05) is 17.7 Å². The Kier molecular flexibility index (Phi) is 4.82. The minimum absolute atomic E-state index is 0.0920. The Hall–Kier alpha value is -2.49. The summed E-state index contributed by atoms with van der Waals surface area (Å²) in [5, 5.41) is 3.23. The van der Waals surface area contributed by atoms with E-state index in [4.69, 9.17) is 10.5 Å². The Bertz CT molecular complexity index is 621. The first-order valence-electron chi connectivity index (χ1n) is 7.06. The van der Waals surface area contributed by atoms with Gasteiger partial charge in [0.05, 0.1) is 18.0 Å². The molecule has 0 bridgehead atoms. The largest absolute Gasteiger partial charge is 0.494 e. The summed E-state index contributed by atoms with van der Waals surface area (Å²) >= 11 is 0. The van der Waals surface area contributed by atoms with Crippen molar-refractivity contribution in [2.75, 3.05) is 17.7 Å². The second-order valence-corrected chi connectivity index (χ2v) is 4.66. The van der Waals surface area contributed by atoms with Gasteiger partial charge in [-0.05, 0) is 49.4 Å². The average molecular weight is 284 g/mol. The fourth-order valence-corrected chi connectivity index (χ4v) is 2.01. The number of ketones is 1. The van der Waals surface area contributed by atoms with Crippen molar-refractivity contribution in [2.45, 2.75) is 20.3 Å². The van der Waals surface area contributed by atoms with Crippen molar-refractivity contribution in [2.24, 2.45) is 0 Å². The van der Waals surface area contributed by atoms with Gasteiger partial charge in [-0.1, -0.05) is 6.92 Å². The Morgan fingerprint density at radius 1 is 1.14 bits per heavy atom. The molecule has 4 nitrogen and oxygen atoms in total. The van der Waals surface area contributed by atoms with E-state index < -0.39 is 0 Å². The summed E-state index contributed by atoms with van der Waals surface area (Å²) in [4.78, 5) is 11.6. The SMILES string of the molecule is CCOc1ccc(Nc2ccc(C(=O)CC)cc2N)cc1. The molecule has 0 heterocycles. The number of carbonyl (C=O) groups excluding carboxylic acids is 1. The van der Waals surface area contributed by atoms with Crippen LogP contribution in [0.4, 0.5) is 17.1 Å². The number of anilines is 3. The molecular formula is C17H20N2O2. The maximum Gasteiger partial charge on any atom is 0.162 e. The molecule has 0 aliphatic rings. The molecule has 2 rings (SSSR count). The maximum absolute atomic E-state index is 11.6. The van der Waals surface area contributed by atoms with Crippen LogP contribution in [-0.2, 0) is 0 Å². The van der Waals surface area contributed by atoms with Gasteiger partial charge in [0.25, 0.3) is 0 Å². The van der Waals surface area contributed by atoms with Crippen LogP contribution in [0.3, 0.4) is 0 Å². The molecule has 0 radical (unpaired) electrons. The van der Waals surface area contributed by atoms with Crippen molar-refractivity contribution in [3.8, 4) is 5.75 Å². The van der Waals surface area contributed by atoms with E-state index in [0.717, 1.165) is 17.1 Å². The van der Waals surface area contributed by atoms with E-state index in [1.165, 1.54) is 0 Å². The number of hydrogen-bond donors (Lipinski definition) is 2. The summed E-state index contributed by atoms with van der Waals surface area (Å²) in [6.45, 7) is 4.43. The van der Waals surface area contributed by atoms with Crippen molar-refractivity contribution >= 4 is 22.8 Å². The van der Waals surface area contributed by atoms with E-state index in [-0.39, 0.29) is 5.78 Å². The Morgan fingerprint density at radius 3 is 2.43 bits per heavy atom. The highest BCUT2D eigenvalue weighted by atomic mass is 16.5. The highest BCUT2D eigenvalue weighted by molar-refractivity contribution is 5.97. The Labute approximate surface area is 124 Å². The molecular weight excluding hydrogens is 264 g/mol. The lowest BCUT2D eigenvalue weighted by Gasteiger charge is -2.11. The minimum atomic E-state index is 0.0920. The normalized spacial score (nSPS) is 10.2. The molecule has 0 aliphatic heterocycles. The summed E-state index contributed by atoms with van der Waals surface area (Å²) in [6.07, 6.45) is 0.477. The third-order valence-corrected chi connectivity index (χ3v) is 3.14. The molecule has 0 fully saturated rings. The zero-order valence-corrected chi connectivity index (χ0v) is 12.3. The van der Waals surface area contributed by atoms with Crippen LogP contribution < -0.4 is 15.8 Å². The number of hydrogen-bond acceptors (Lipinski definition) is 4. The minimum Gasteiger partial charge on any atom is -0.494 e. The number of Topliss-reactive ketones (excluding diaryl/α,β-unsaturated/α-hetero) is 1. The van der Waals surface area contributed by atoms with Crippen LogP contribution in [0.5, 0.6) is 5.75 Å². The third-order valence-electron chi connectivity index (χ3n) is 3.14. The fraction of sp³-hybridized carbons (Fsp3) is 0.235. The standard InChI is InChI=1S/C17H20N2O2/c1-3-17(20)12-5-10-16(15(18)11-12)19-13-6-8-14(9-7-13)21-4-2/h5-11,19H,3-4,18H2,1-2H3. The molecule has 2 aromatic rings. The first-order chi connectivity index (χ1) is 10.1. The lowest BCUT2D eigenvalue weighted by molar-refractivity contribution is 0.0988. The molecule has 0 aliphatic carbocycles. The predicted molar refractivity (Wildman–Crippen MR) is 86.4 cm³/mol. The third kappa shape index (κ3) is 3.75. The number of ether oxygens (including phenoxy) is 1. The maximum atomic E-state index is 11.6. The van der Waals surface area contributed by atoms with Gasteiger partial charge in [-0.2, -0.15) is 0 Å². The Balaban J connectivity index is 2.14. The molecule has 0 saturated carbocycles. The smallest absolute Gasteiger partial charge is 0.162 e. The van der Waals surface area contributed by atoms with Crippen LogP contribution in [0.1, 0.15) is 30.6 Å². The van der Waals surface area contributed by atoms with Crippen molar-refractivity contribution in [1.29, 1.82) is 0 Å². The predicted octanol–water partition coefficient (Wildman–Crippen LogP) is 4.00. The summed E-state index contributed by atoms with van der Waals surface area (Å²) in [6, 6.07) is 13.0. The van der Waals surface area contributed by atoms with E-state index in [1.54, 1.807) is 12.1 Å². The lowest BCUT2D eigenvalue weighted by atomic mass is 10.1. The monoisotopic (exact) mass is 284 g/mol. The molecule has 0 unspecified atom stereocenters. The van der Waals surface area contributed by atoms with Crippen LogP contribution in [-0.4, -0.2) is 12.4 Å². The van der Waals surface area contributed by atoms with Crippen LogP contribution >= 0.6 is 0 Å². The van der Waals surface area contributed by atoms with Gasteiger partial charge in [-0.25, -0.2) is 0 Å². The van der Waals surface area contributed by atoms with Crippen LogP contribution in [0, 0.1) is 0 Å². The first-order valence-corrected chi connectivity index (χ1v) is 7.06. The molecule has 2 aromatic carbocycles. The Morgan fingerprint density at radius 2 is 1.86 bits per heavy atom. The number of benzene rings is 2. The molecule has 0 saturated heterocycles. The second kappa shape index (κ2) is 6.79. The molecule has 110 valence electrons. The average Bonchev–Trinajstić information content (AvgIpc) is 2.50. The van der Waals surface area contributed by atoms with Gasteiger partial charge >= 0.3 is 0 Å². The molecule has 0 amide bonds. The summed E-state index contributed by atoms with van der Waals surface area (Å²) in [5.74, 6) is 0.925. The first kappa shape index (κ1) is 14.9. The number of rotatable bonds is 6. The van der Waals surface area contributed by atoms with Crippen molar-refractivity contribution in [1.82, 2.24) is 0 Å².